The van der Waals surface area contributed by atoms with Gasteiger partial charge >= 0.3 is 0 Å². The van der Waals surface area contributed by atoms with E-state index in [0.717, 1.165) is 17.4 Å². The summed E-state index contributed by atoms with van der Waals surface area (Å²) < 4.78 is 0. The normalized spacial score (nSPS) is 21.0. The van der Waals surface area contributed by atoms with Crippen LogP contribution in [0.3, 0.4) is 0 Å². The van der Waals surface area contributed by atoms with Crippen molar-refractivity contribution in [1.82, 2.24) is 20.4 Å². The van der Waals surface area contributed by atoms with E-state index in [4.69, 9.17) is 0 Å². The quantitative estimate of drug-likeness (QED) is 0.910. The SMILES string of the molecule is Cc1ccc(N(C)C2CCN(CC3CCNCC3)CC2)nn1.Cl. The standard InChI is InChI=1S/C17H29N5.ClH/c1-14-3-4-17(20-19-14)21(2)16-7-11-22(12-8-16)13-15-5-9-18-10-6-15;/h3-4,15-16,18H,5-13H2,1-2H3;1H. The number of hydrogen-bond donors (Lipinski definition) is 1. The fourth-order valence-electron chi connectivity index (χ4n) is 3.69. The maximum Gasteiger partial charge on any atom is 0.151 e. The minimum Gasteiger partial charge on any atom is -0.355 e. The van der Waals surface area contributed by atoms with Gasteiger partial charge in [0, 0.05) is 32.7 Å². The smallest absolute Gasteiger partial charge is 0.151 e. The van der Waals surface area contributed by atoms with Gasteiger partial charge in [-0.25, -0.2) is 0 Å². The Morgan fingerprint density at radius 1 is 1.13 bits per heavy atom. The van der Waals surface area contributed by atoms with Crippen molar-refractivity contribution in [2.24, 2.45) is 5.92 Å². The van der Waals surface area contributed by atoms with Gasteiger partial charge in [0.1, 0.15) is 0 Å². The highest BCUT2D eigenvalue weighted by Gasteiger charge is 2.25. The van der Waals surface area contributed by atoms with E-state index >= 15 is 0 Å². The molecule has 0 bridgehead atoms. The molecule has 1 N–H and O–H groups in total. The number of aryl methyl sites for hydroxylation is 1. The lowest BCUT2D eigenvalue weighted by molar-refractivity contribution is 0.166. The zero-order valence-corrected chi connectivity index (χ0v) is 15.2. The molecule has 1 aromatic rings. The van der Waals surface area contributed by atoms with Crippen LogP contribution in [0, 0.1) is 12.8 Å². The molecular weight excluding hydrogens is 310 g/mol. The van der Waals surface area contributed by atoms with Crippen molar-refractivity contribution in [1.29, 1.82) is 0 Å². The molecule has 2 aliphatic heterocycles. The lowest BCUT2D eigenvalue weighted by atomic mass is 9.95. The minimum atomic E-state index is 0. The summed E-state index contributed by atoms with van der Waals surface area (Å²) in [7, 11) is 2.16. The summed E-state index contributed by atoms with van der Waals surface area (Å²) in [4.78, 5) is 4.98. The summed E-state index contributed by atoms with van der Waals surface area (Å²) >= 11 is 0. The van der Waals surface area contributed by atoms with Crippen molar-refractivity contribution < 1.29 is 0 Å². The van der Waals surface area contributed by atoms with E-state index in [1.807, 2.05) is 13.0 Å². The lowest BCUT2D eigenvalue weighted by Crippen LogP contribution is -2.46. The average molecular weight is 340 g/mol. The first-order valence-electron chi connectivity index (χ1n) is 8.68. The van der Waals surface area contributed by atoms with Crippen molar-refractivity contribution >= 4 is 18.2 Å². The highest BCUT2D eigenvalue weighted by Crippen LogP contribution is 2.22. The molecule has 2 fully saturated rings. The van der Waals surface area contributed by atoms with Gasteiger partial charge in [-0.05, 0) is 63.7 Å². The molecule has 23 heavy (non-hydrogen) atoms. The molecule has 3 rings (SSSR count). The number of likely N-dealkylation sites (tertiary alicyclic amines) is 1. The van der Waals surface area contributed by atoms with Gasteiger partial charge in [-0.1, -0.05) is 0 Å². The van der Waals surface area contributed by atoms with Crippen LogP contribution in [0.25, 0.3) is 0 Å². The summed E-state index contributed by atoms with van der Waals surface area (Å²) in [5.74, 6) is 1.90. The largest absolute Gasteiger partial charge is 0.355 e. The Balaban J connectivity index is 0.00000192. The van der Waals surface area contributed by atoms with E-state index < -0.39 is 0 Å². The van der Waals surface area contributed by atoms with Gasteiger partial charge < -0.3 is 15.1 Å². The van der Waals surface area contributed by atoms with Gasteiger partial charge in [-0.2, -0.15) is 5.10 Å². The van der Waals surface area contributed by atoms with Gasteiger partial charge in [0.05, 0.1) is 5.69 Å². The number of hydrogen-bond acceptors (Lipinski definition) is 5. The number of rotatable bonds is 4. The third kappa shape index (κ3) is 5.03. The second-order valence-electron chi connectivity index (χ2n) is 6.87. The van der Waals surface area contributed by atoms with Crippen molar-refractivity contribution in [2.75, 3.05) is 44.7 Å². The minimum absolute atomic E-state index is 0. The number of aromatic nitrogens is 2. The third-order valence-electron chi connectivity index (χ3n) is 5.23. The summed E-state index contributed by atoms with van der Waals surface area (Å²) in [5, 5.41) is 12.0. The van der Waals surface area contributed by atoms with Gasteiger partial charge in [0.15, 0.2) is 5.82 Å². The molecule has 0 radical (unpaired) electrons. The van der Waals surface area contributed by atoms with E-state index in [1.54, 1.807) is 0 Å². The van der Waals surface area contributed by atoms with Crippen molar-refractivity contribution in [2.45, 2.75) is 38.6 Å². The molecule has 130 valence electrons. The van der Waals surface area contributed by atoms with Crippen molar-refractivity contribution in [3.05, 3.63) is 17.8 Å². The maximum absolute atomic E-state index is 4.32. The molecule has 3 heterocycles. The van der Waals surface area contributed by atoms with Crippen LogP contribution in [0.5, 0.6) is 0 Å². The number of anilines is 1. The fourth-order valence-corrected chi connectivity index (χ4v) is 3.69. The van der Waals surface area contributed by atoms with Gasteiger partial charge in [0.2, 0.25) is 0 Å². The van der Waals surface area contributed by atoms with Crippen LogP contribution >= 0.6 is 12.4 Å². The van der Waals surface area contributed by atoms with Gasteiger partial charge in [0.25, 0.3) is 0 Å². The van der Waals surface area contributed by atoms with E-state index in [-0.39, 0.29) is 12.4 Å². The average Bonchev–Trinajstić information content (AvgIpc) is 2.57. The predicted molar refractivity (Wildman–Crippen MR) is 97.5 cm³/mol. The Labute approximate surface area is 146 Å². The number of nitrogens with zero attached hydrogens (tertiary/aromatic N) is 4. The Hall–Kier alpha value is -0.910. The van der Waals surface area contributed by atoms with Crippen LogP contribution in [-0.4, -0.2) is 60.9 Å². The Bertz CT molecular complexity index is 453. The third-order valence-corrected chi connectivity index (χ3v) is 5.23. The van der Waals surface area contributed by atoms with Crippen LogP contribution in [0.2, 0.25) is 0 Å². The highest BCUT2D eigenvalue weighted by atomic mass is 35.5. The molecule has 0 saturated carbocycles. The molecule has 5 nitrogen and oxygen atoms in total. The van der Waals surface area contributed by atoms with Crippen LogP contribution in [0.1, 0.15) is 31.4 Å². The molecule has 2 saturated heterocycles. The summed E-state index contributed by atoms with van der Waals surface area (Å²) in [5.41, 5.74) is 0.981. The summed E-state index contributed by atoms with van der Waals surface area (Å²) in [6, 6.07) is 4.73. The predicted octanol–water partition coefficient (Wildman–Crippen LogP) is 2.11. The zero-order chi connectivity index (χ0) is 15.4. The van der Waals surface area contributed by atoms with E-state index in [1.165, 1.54) is 58.4 Å². The Morgan fingerprint density at radius 2 is 1.83 bits per heavy atom. The van der Waals surface area contributed by atoms with Crippen LogP contribution in [0.4, 0.5) is 5.82 Å². The summed E-state index contributed by atoms with van der Waals surface area (Å²) in [6.45, 7) is 8.13. The van der Waals surface area contributed by atoms with Crippen molar-refractivity contribution in [3.63, 3.8) is 0 Å². The molecule has 0 spiro atoms. The molecule has 0 aliphatic carbocycles. The second kappa shape index (κ2) is 8.81. The highest BCUT2D eigenvalue weighted by molar-refractivity contribution is 5.85. The van der Waals surface area contributed by atoms with Gasteiger partial charge in [-0.3, -0.25) is 0 Å². The van der Waals surface area contributed by atoms with Gasteiger partial charge in [-0.15, -0.1) is 17.5 Å². The zero-order valence-electron chi connectivity index (χ0n) is 14.4. The first-order chi connectivity index (χ1) is 10.7. The molecule has 0 unspecified atom stereocenters. The molecule has 0 atom stereocenters. The van der Waals surface area contributed by atoms with Crippen LogP contribution < -0.4 is 10.2 Å². The van der Waals surface area contributed by atoms with E-state index in [2.05, 4.69) is 38.4 Å². The van der Waals surface area contributed by atoms with Crippen LogP contribution in [0.15, 0.2) is 12.1 Å². The number of nitrogens with one attached hydrogen (secondary N) is 1. The monoisotopic (exact) mass is 339 g/mol. The topological polar surface area (TPSA) is 44.3 Å². The number of halogens is 1. The Morgan fingerprint density at radius 3 is 2.43 bits per heavy atom. The second-order valence-corrected chi connectivity index (χ2v) is 6.87. The number of piperidine rings is 2. The molecular formula is C17H30ClN5. The molecule has 6 heteroatoms. The summed E-state index contributed by atoms with van der Waals surface area (Å²) in [6.07, 6.45) is 5.16. The molecule has 1 aromatic heterocycles. The lowest BCUT2D eigenvalue weighted by Gasteiger charge is -2.39. The van der Waals surface area contributed by atoms with Crippen LogP contribution in [-0.2, 0) is 0 Å². The first kappa shape index (κ1) is 18.4. The van der Waals surface area contributed by atoms with E-state index in [0.29, 0.717) is 6.04 Å². The van der Waals surface area contributed by atoms with E-state index in [9.17, 15) is 0 Å². The fraction of sp³-hybridized carbons (Fsp3) is 0.765. The Kier molecular flexibility index (Phi) is 7.06. The molecule has 0 amide bonds. The maximum atomic E-state index is 4.32. The van der Waals surface area contributed by atoms with Crippen molar-refractivity contribution in [3.8, 4) is 0 Å². The molecule has 2 aliphatic rings. The first-order valence-corrected chi connectivity index (χ1v) is 8.68. The molecule has 0 aromatic carbocycles.